The summed E-state index contributed by atoms with van der Waals surface area (Å²) < 4.78 is 5.43. The van der Waals surface area contributed by atoms with E-state index in [0.29, 0.717) is 0 Å². The third-order valence-electron chi connectivity index (χ3n) is 1.91. The fourth-order valence-corrected chi connectivity index (χ4v) is 1.11. The summed E-state index contributed by atoms with van der Waals surface area (Å²) in [5.41, 5.74) is -0.582. The summed E-state index contributed by atoms with van der Waals surface area (Å²) >= 11 is 0. The largest absolute Gasteiger partial charge is 0.480 e. The van der Waals surface area contributed by atoms with Gasteiger partial charge in [0.25, 0.3) is 0 Å². The summed E-state index contributed by atoms with van der Waals surface area (Å²) in [5.74, 6) is -0.847. The van der Waals surface area contributed by atoms with E-state index >= 15 is 0 Å². The van der Waals surface area contributed by atoms with Crippen LogP contribution in [0.15, 0.2) is 0 Å². The molecule has 0 bridgehead atoms. The Hall–Kier alpha value is -0.610. The van der Waals surface area contributed by atoms with Gasteiger partial charge in [-0.3, -0.25) is 10.1 Å². The smallest absolute Gasteiger partial charge is 0.321 e. The third kappa shape index (κ3) is 6.47. The Balaban J connectivity index is 4.17. The first-order chi connectivity index (χ1) is 6.54. The monoisotopic (exact) mass is 217 g/mol. The lowest BCUT2D eigenvalue weighted by Crippen LogP contribution is -2.48. The molecular weight excluding hydrogens is 194 g/mol. The Morgan fingerprint density at radius 1 is 1.27 bits per heavy atom. The van der Waals surface area contributed by atoms with E-state index in [4.69, 9.17) is 9.84 Å². The van der Waals surface area contributed by atoms with Gasteiger partial charge in [-0.2, -0.15) is 0 Å². The number of hydrogen-bond acceptors (Lipinski definition) is 3. The lowest BCUT2D eigenvalue weighted by molar-refractivity contribution is -0.143. The summed E-state index contributed by atoms with van der Waals surface area (Å²) in [4.78, 5) is 11.0. The van der Waals surface area contributed by atoms with Crippen molar-refractivity contribution in [3.63, 3.8) is 0 Å². The van der Waals surface area contributed by atoms with E-state index in [0.717, 1.165) is 0 Å². The topological polar surface area (TPSA) is 58.6 Å². The maximum Gasteiger partial charge on any atom is 0.321 e. The first-order valence-corrected chi connectivity index (χ1v) is 5.14. The maximum absolute atomic E-state index is 11.0. The molecule has 0 aliphatic rings. The zero-order chi connectivity index (χ0) is 12.3. The second-order valence-corrected chi connectivity index (χ2v) is 5.74. The predicted octanol–water partition coefficient (Wildman–Crippen LogP) is 1.85. The van der Waals surface area contributed by atoms with Crippen LogP contribution < -0.4 is 5.32 Å². The van der Waals surface area contributed by atoms with Crippen molar-refractivity contribution in [1.29, 1.82) is 0 Å². The summed E-state index contributed by atoms with van der Waals surface area (Å²) in [6.07, 6.45) is 0. The van der Waals surface area contributed by atoms with E-state index in [1.54, 1.807) is 0 Å². The average Bonchev–Trinajstić information content (AvgIpc) is 1.92. The average molecular weight is 217 g/mol. The molecule has 2 N–H and O–H groups in total. The molecule has 0 radical (unpaired) electrons. The van der Waals surface area contributed by atoms with Crippen LogP contribution in [-0.2, 0) is 9.53 Å². The van der Waals surface area contributed by atoms with Crippen LogP contribution in [-0.4, -0.2) is 29.4 Å². The van der Waals surface area contributed by atoms with E-state index < -0.39 is 12.0 Å². The zero-order valence-corrected chi connectivity index (χ0v) is 10.5. The maximum atomic E-state index is 11.0. The Kier molecular flexibility index (Phi) is 4.74. The molecule has 0 saturated heterocycles. The molecule has 0 amide bonds. The molecule has 0 unspecified atom stereocenters. The van der Waals surface area contributed by atoms with Gasteiger partial charge in [-0.05, 0) is 26.2 Å². The fraction of sp³-hybridized carbons (Fsp3) is 0.909. The van der Waals surface area contributed by atoms with E-state index in [1.165, 1.54) is 0 Å². The Morgan fingerprint density at radius 2 is 1.73 bits per heavy atom. The number of carboxylic acids is 1. The zero-order valence-electron chi connectivity index (χ0n) is 10.5. The number of rotatable bonds is 4. The fourth-order valence-electron chi connectivity index (χ4n) is 1.11. The van der Waals surface area contributed by atoms with E-state index in [2.05, 4.69) is 5.32 Å². The molecule has 0 aromatic rings. The molecular formula is C11H23NO3. The van der Waals surface area contributed by atoms with Gasteiger partial charge < -0.3 is 9.84 Å². The number of ether oxygens (including phenoxy) is 1. The molecule has 0 spiro atoms. The lowest BCUT2D eigenvalue weighted by Gasteiger charge is -2.29. The highest BCUT2D eigenvalue weighted by atomic mass is 16.5. The van der Waals surface area contributed by atoms with Crippen LogP contribution in [0.3, 0.4) is 0 Å². The van der Waals surface area contributed by atoms with Crippen LogP contribution in [0.25, 0.3) is 0 Å². The number of carbonyl (C=O) groups is 1. The quantitative estimate of drug-likeness (QED) is 0.706. The molecule has 0 saturated carbocycles. The van der Waals surface area contributed by atoms with Crippen LogP contribution in [0.4, 0.5) is 0 Å². The molecule has 0 aliphatic heterocycles. The van der Waals surface area contributed by atoms with E-state index in [9.17, 15) is 4.79 Å². The van der Waals surface area contributed by atoms with Crippen LogP contribution in [0.2, 0.25) is 0 Å². The molecule has 0 fully saturated rings. The van der Waals surface area contributed by atoms with Gasteiger partial charge in [-0.15, -0.1) is 0 Å². The molecule has 1 atom stereocenters. The number of carboxylic acid groups (broad SMARTS) is 1. The van der Waals surface area contributed by atoms with Gasteiger partial charge in [0.05, 0.1) is 12.3 Å². The molecule has 4 heteroatoms. The molecule has 0 aromatic carbocycles. The van der Waals surface area contributed by atoms with E-state index in [-0.39, 0.29) is 17.7 Å². The van der Waals surface area contributed by atoms with Gasteiger partial charge in [0.1, 0.15) is 6.04 Å². The Bertz CT molecular complexity index is 213. The van der Waals surface area contributed by atoms with Gasteiger partial charge in [0.15, 0.2) is 0 Å². The minimum absolute atomic E-state index is 0.248. The highest BCUT2D eigenvalue weighted by Gasteiger charge is 2.30. The SMILES string of the molecule is CC(C)(C)OCN[C@H](C(=O)O)C(C)(C)C. The minimum atomic E-state index is -0.847. The molecule has 0 aromatic heterocycles. The third-order valence-corrected chi connectivity index (χ3v) is 1.91. The van der Waals surface area contributed by atoms with Gasteiger partial charge in [0, 0.05) is 0 Å². The number of hydrogen-bond donors (Lipinski definition) is 2. The normalized spacial score (nSPS) is 15.1. The number of nitrogens with one attached hydrogen (secondary N) is 1. The highest BCUT2D eigenvalue weighted by molar-refractivity contribution is 5.74. The van der Waals surface area contributed by atoms with Crippen molar-refractivity contribution in [3.8, 4) is 0 Å². The molecule has 90 valence electrons. The summed E-state index contributed by atoms with van der Waals surface area (Å²) in [6, 6.07) is -0.597. The molecule has 0 rings (SSSR count). The van der Waals surface area contributed by atoms with Gasteiger partial charge >= 0.3 is 5.97 Å². The van der Waals surface area contributed by atoms with Gasteiger partial charge in [-0.1, -0.05) is 20.8 Å². The first kappa shape index (κ1) is 14.4. The van der Waals surface area contributed by atoms with Crippen molar-refractivity contribution in [2.75, 3.05) is 6.73 Å². The lowest BCUT2D eigenvalue weighted by atomic mass is 9.87. The van der Waals surface area contributed by atoms with Crippen LogP contribution in [0.5, 0.6) is 0 Å². The van der Waals surface area contributed by atoms with Crippen molar-refractivity contribution in [3.05, 3.63) is 0 Å². The Morgan fingerprint density at radius 3 is 2.00 bits per heavy atom. The highest BCUT2D eigenvalue weighted by Crippen LogP contribution is 2.19. The first-order valence-electron chi connectivity index (χ1n) is 5.14. The van der Waals surface area contributed by atoms with Gasteiger partial charge in [0.2, 0.25) is 0 Å². The van der Waals surface area contributed by atoms with Crippen molar-refractivity contribution < 1.29 is 14.6 Å². The minimum Gasteiger partial charge on any atom is -0.480 e. The summed E-state index contributed by atoms with van der Waals surface area (Å²) in [6.45, 7) is 11.7. The Labute approximate surface area is 92.0 Å². The molecule has 4 nitrogen and oxygen atoms in total. The van der Waals surface area contributed by atoms with Crippen molar-refractivity contribution in [2.24, 2.45) is 5.41 Å². The molecule has 0 aliphatic carbocycles. The van der Waals surface area contributed by atoms with Crippen LogP contribution in [0, 0.1) is 5.41 Å². The number of aliphatic carboxylic acids is 1. The second kappa shape index (κ2) is 4.94. The van der Waals surface area contributed by atoms with Crippen LogP contribution in [0.1, 0.15) is 41.5 Å². The van der Waals surface area contributed by atoms with Crippen molar-refractivity contribution in [1.82, 2.24) is 5.32 Å². The van der Waals surface area contributed by atoms with Crippen molar-refractivity contribution >= 4 is 5.97 Å². The molecule has 0 heterocycles. The van der Waals surface area contributed by atoms with E-state index in [1.807, 2.05) is 41.5 Å². The van der Waals surface area contributed by atoms with Gasteiger partial charge in [-0.25, -0.2) is 0 Å². The van der Waals surface area contributed by atoms with Crippen molar-refractivity contribution in [2.45, 2.75) is 53.2 Å². The summed E-state index contributed by atoms with van der Waals surface area (Å²) in [7, 11) is 0. The standard InChI is InChI=1S/C11H23NO3/c1-10(2,3)8(9(13)14)12-7-15-11(4,5)6/h8,12H,7H2,1-6H3,(H,13,14)/t8-/m1/s1. The molecule has 15 heavy (non-hydrogen) atoms. The predicted molar refractivity (Wildman–Crippen MR) is 59.7 cm³/mol. The summed E-state index contributed by atoms with van der Waals surface area (Å²) in [5, 5.41) is 11.9. The van der Waals surface area contributed by atoms with Crippen LogP contribution >= 0.6 is 0 Å². The second-order valence-electron chi connectivity index (χ2n) is 5.74.